The minimum atomic E-state index is -0.0306. The Labute approximate surface area is 137 Å². The van der Waals surface area contributed by atoms with Gasteiger partial charge in [-0.05, 0) is 42.5 Å². The predicted octanol–water partition coefficient (Wildman–Crippen LogP) is 2.87. The number of carbonyl (C=O) groups is 1. The SMILES string of the molecule is COc1cc(/C=C/C(=O)N2CCCC(C)C2)ccc1OCC#N. The normalized spacial score (nSPS) is 17.8. The fraction of sp³-hybridized carbons (Fsp3) is 0.444. The van der Waals surface area contributed by atoms with Crippen LogP contribution in [0.2, 0.25) is 0 Å². The largest absolute Gasteiger partial charge is 0.493 e. The maximum Gasteiger partial charge on any atom is 0.246 e. The van der Waals surface area contributed by atoms with Crippen LogP contribution in [0.1, 0.15) is 25.3 Å². The van der Waals surface area contributed by atoms with Crippen LogP contribution in [0.25, 0.3) is 6.08 Å². The van der Waals surface area contributed by atoms with Crippen LogP contribution >= 0.6 is 0 Å². The molecule has 1 aliphatic rings. The molecule has 5 heteroatoms. The molecule has 1 aromatic rings. The molecular formula is C18H22N2O3. The first-order valence-electron chi connectivity index (χ1n) is 7.79. The Morgan fingerprint density at radius 2 is 2.30 bits per heavy atom. The molecule has 1 unspecified atom stereocenters. The van der Waals surface area contributed by atoms with Crippen molar-refractivity contribution < 1.29 is 14.3 Å². The van der Waals surface area contributed by atoms with Crippen molar-refractivity contribution in [2.45, 2.75) is 19.8 Å². The number of hydrogen-bond donors (Lipinski definition) is 0. The molecule has 0 radical (unpaired) electrons. The highest BCUT2D eigenvalue weighted by Crippen LogP contribution is 2.28. The van der Waals surface area contributed by atoms with E-state index < -0.39 is 0 Å². The van der Waals surface area contributed by atoms with Gasteiger partial charge in [0.1, 0.15) is 6.07 Å². The van der Waals surface area contributed by atoms with Gasteiger partial charge in [0.2, 0.25) is 5.91 Å². The van der Waals surface area contributed by atoms with Crippen molar-refractivity contribution in [3.05, 3.63) is 29.8 Å². The smallest absolute Gasteiger partial charge is 0.246 e. The average Bonchev–Trinajstić information content (AvgIpc) is 2.58. The molecule has 0 aliphatic carbocycles. The Hall–Kier alpha value is -2.48. The third-order valence-corrected chi connectivity index (χ3v) is 3.87. The Morgan fingerprint density at radius 3 is 3.00 bits per heavy atom. The Morgan fingerprint density at radius 1 is 1.48 bits per heavy atom. The summed E-state index contributed by atoms with van der Waals surface area (Å²) in [7, 11) is 1.54. The molecule has 5 nitrogen and oxygen atoms in total. The quantitative estimate of drug-likeness (QED) is 0.784. The lowest BCUT2D eigenvalue weighted by Gasteiger charge is -2.30. The number of benzene rings is 1. The third-order valence-electron chi connectivity index (χ3n) is 3.87. The van der Waals surface area contributed by atoms with Crippen molar-refractivity contribution in [3.8, 4) is 17.6 Å². The lowest BCUT2D eigenvalue weighted by molar-refractivity contribution is -0.127. The molecule has 122 valence electrons. The molecule has 1 heterocycles. The van der Waals surface area contributed by atoms with Crippen molar-refractivity contribution in [1.82, 2.24) is 4.90 Å². The van der Waals surface area contributed by atoms with Gasteiger partial charge in [-0.3, -0.25) is 4.79 Å². The van der Waals surface area contributed by atoms with Gasteiger partial charge in [0.15, 0.2) is 18.1 Å². The number of piperidine rings is 1. The van der Waals surface area contributed by atoms with Gasteiger partial charge in [-0.15, -0.1) is 0 Å². The first-order chi connectivity index (χ1) is 11.1. The van der Waals surface area contributed by atoms with Gasteiger partial charge in [0.05, 0.1) is 7.11 Å². The van der Waals surface area contributed by atoms with E-state index in [-0.39, 0.29) is 12.5 Å². The number of nitriles is 1. The first-order valence-corrected chi connectivity index (χ1v) is 7.79. The predicted molar refractivity (Wildman–Crippen MR) is 88.1 cm³/mol. The number of likely N-dealkylation sites (tertiary alicyclic amines) is 1. The summed E-state index contributed by atoms with van der Waals surface area (Å²) in [6.07, 6.45) is 5.63. The van der Waals surface area contributed by atoms with Gasteiger partial charge in [-0.2, -0.15) is 5.26 Å². The molecule has 1 aliphatic heterocycles. The maximum absolute atomic E-state index is 12.2. The lowest BCUT2D eigenvalue weighted by atomic mass is 10.0. The minimum absolute atomic E-state index is 0.0306. The number of ether oxygens (including phenoxy) is 2. The highest BCUT2D eigenvalue weighted by atomic mass is 16.5. The molecule has 0 spiro atoms. The van der Waals surface area contributed by atoms with Gasteiger partial charge in [-0.1, -0.05) is 13.0 Å². The summed E-state index contributed by atoms with van der Waals surface area (Å²) in [4.78, 5) is 14.1. The average molecular weight is 314 g/mol. The molecule has 1 fully saturated rings. The summed E-state index contributed by atoms with van der Waals surface area (Å²) < 4.78 is 10.5. The molecule has 0 N–H and O–H groups in total. The van der Waals surface area contributed by atoms with E-state index in [4.69, 9.17) is 14.7 Å². The van der Waals surface area contributed by atoms with E-state index in [9.17, 15) is 4.79 Å². The standard InChI is InChI=1S/C18H22N2O3/c1-14-4-3-10-20(13-14)18(21)8-6-15-5-7-16(23-11-9-19)17(12-15)22-2/h5-8,12,14H,3-4,10-11,13H2,1-2H3/b8-6+. The Bertz CT molecular complexity index is 619. The Kier molecular flexibility index (Phi) is 6.04. The van der Waals surface area contributed by atoms with Crippen molar-refractivity contribution in [2.75, 3.05) is 26.8 Å². The molecule has 0 bridgehead atoms. The van der Waals surface area contributed by atoms with E-state index in [1.165, 1.54) is 6.42 Å². The number of rotatable bonds is 5. The molecule has 1 atom stereocenters. The van der Waals surface area contributed by atoms with Gasteiger partial charge < -0.3 is 14.4 Å². The van der Waals surface area contributed by atoms with Crippen LogP contribution < -0.4 is 9.47 Å². The van der Waals surface area contributed by atoms with Crippen LogP contribution in [0.15, 0.2) is 24.3 Å². The summed E-state index contributed by atoms with van der Waals surface area (Å²) >= 11 is 0. The van der Waals surface area contributed by atoms with E-state index in [1.54, 1.807) is 31.4 Å². The number of methoxy groups -OCH3 is 1. The molecule has 1 saturated heterocycles. The zero-order valence-electron chi connectivity index (χ0n) is 13.6. The molecule has 1 aromatic carbocycles. The molecule has 0 saturated carbocycles. The molecular weight excluding hydrogens is 292 g/mol. The zero-order chi connectivity index (χ0) is 16.7. The summed E-state index contributed by atoms with van der Waals surface area (Å²) in [6.45, 7) is 3.80. The van der Waals surface area contributed by atoms with E-state index in [2.05, 4.69) is 6.92 Å². The zero-order valence-corrected chi connectivity index (χ0v) is 13.6. The fourth-order valence-corrected chi connectivity index (χ4v) is 2.68. The van der Waals surface area contributed by atoms with Gasteiger partial charge in [0.25, 0.3) is 0 Å². The van der Waals surface area contributed by atoms with E-state index in [1.807, 2.05) is 17.0 Å². The van der Waals surface area contributed by atoms with Gasteiger partial charge >= 0.3 is 0 Å². The van der Waals surface area contributed by atoms with Crippen molar-refractivity contribution >= 4 is 12.0 Å². The second kappa shape index (κ2) is 8.23. The number of nitrogens with zero attached hydrogens (tertiary/aromatic N) is 2. The van der Waals surface area contributed by atoms with E-state index in [0.29, 0.717) is 17.4 Å². The van der Waals surface area contributed by atoms with Crippen molar-refractivity contribution in [2.24, 2.45) is 5.92 Å². The molecule has 0 aromatic heterocycles. The van der Waals surface area contributed by atoms with Crippen LogP contribution in [-0.4, -0.2) is 37.6 Å². The molecule has 23 heavy (non-hydrogen) atoms. The molecule has 1 amide bonds. The van der Waals surface area contributed by atoms with E-state index in [0.717, 1.165) is 25.1 Å². The summed E-state index contributed by atoms with van der Waals surface area (Å²) in [5.74, 6) is 1.67. The monoisotopic (exact) mass is 314 g/mol. The second-order valence-electron chi connectivity index (χ2n) is 5.72. The Balaban J connectivity index is 2.04. The minimum Gasteiger partial charge on any atom is -0.493 e. The van der Waals surface area contributed by atoms with E-state index >= 15 is 0 Å². The van der Waals surface area contributed by atoms with Crippen molar-refractivity contribution in [1.29, 1.82) is 5.26 Å². The van der Waals surface area contributed by atoms with Crippen LogP contribution in [0, 0.1) is 17.2 Å². The third kappa shape index (κ3) is 4.75. The second-order valence-corrected chi connectivity index (χ2v) is 5.72. The highest BCUT2D eigenvalue weighted by molar-refractivity contribution is 5.91. The maximum atomic E-state index is 12.2. The first kappa shape index (κ1) is 16.9. The highest BCUT2D eigenvalue weighted by Gasteiger charge is 2.18. The molecule has 2 rings (SSSR count). The number of hydrogen-bond acceptors (Lipinski definition) is 4. The fourth-order valence-electron chi connectivity index (χ4n) is 2.68. The number of carbonyl (C=O) groups excluding carboxylic acids is 1. The summed E-state index contributed by atoms with van der Waals surface area (Å²) in [5, 5.41) is 8.56. The lowest BCUT2D eigenvalue weighted by Crippen LogP contribution is -2.38. The van der Waals surface area contributed by atoms with Crippen molar-refractivity contribution in [3.63, 3.8) is 0 Å². The number of amides is 1. The van der Waals surface area contributed by atoms with Crippen LogP contribution in [0.4, 0.5) is 0 Å². The van der Waals surface area contributed by atoms with Gasteiger partial charge in [-0.25, -0.2) is 0 Å². The topological polar surface area (TPSA) is 62.6 Å². The van der Waals surface area contributed by atoms with Crippen LogP contribution in [0.3, 0.4) is 0 Å². The van der Waals surface area contributed by atoms with Crippen LogP contribution in [0.5, 0.6) is 11.5 Å². The van der Waals surface area contributed by atoms with Crippen LogP contribution in [-0.2, 0) is 4.79 Å². The summed E-state index contributed by atoms with van der Waals surface area (Å²) in [6, 6.07) is 7.28. The van der Waals surface area contributed by atoms with Gasteiger partial charge in [0, 0.05) is 19.2 Å². The summed E-state index contributed by atoms with van der Waals surface area (Å²) in [5.41, 5.74) is 0.851.